The molecule has 0 aliphatic heterocycles. The molecule has 2 amide bonds. The second-order valence-corrected chi connectivity index (χ2v) is 9.22. The van der Waals surface area contributed by atoms with Gasteiger partial charge >= 0.3 is 0 Å². The van der Waals surface area contributed by atoms with Gasteiger partial charge in [0.2, 0.25) is 10.0 Å². The summed E-state index contributed by atoms with van der Waals surface area (Å²) in [5.74, 6) is -2.94. The van der Waals surface area contributed by atoms with Crippen LogP contribution in [0.25, 0.3) is 0 Å². The molecule has 0 aliphatic carbocycles. The Balaban J connectivity index is 2.38. The zero-order chi connectivity index (χ0) is 23.7. The molecule has 31 heavy (non-hydrogen) atoms. The van der Waals surface area contributed by atoms with E-state index in [9.17, 15) is 27.2 Å². The first-order chi connectivity index (χ1) is 14.2. The van der Waals surface area contributed by atoms with Gasteiger partial charge in [0, 0.05) is 24.5 Å². The molecule has 0 fully saturated rings. The number of rotatable bonds is 7. The number of hydrogen-bond acceptors (Lipinski definition) is 5. The average Bonchev–Trinajstić information content (AvgIpc) is 2.84. The number of ketones is 1. The van der Waals surface area contributed by atoms with Gasteiger partial charge in [0.25, 0.3) is 17.6 Å². The first-order valence-electron chi connectivity index (χ1n) is 9.32. The van der Waals surface area contributed by atoms with E-state index in [0.717, 1.165) is 18.4 Å². The van der Waals surface area contributed by atoms with Crippen molar-refractivity contribution in [2.45, 2.75) is 33.7 Å². The van der Waals surface area contributed by atoms with Crippen LogP contribution in [0.5, 0.6) is 0 Å². The number of benzene rings is 1. The number of carbonyl (C=O) groups is 3. The summed E-state index contributed by atoms with van der Waals surface area (Å²) < 4.78 is 40.2. The summed E-state index contributed by atoms with van der Waals surface area (Å²) in [5, 5.41) is 5.10. The standard InChI is InChI=1S/C20H25FN4O5S/c1-10(2)22-20(28)18(26)17-11(3)16(12(4)25(17)5)19(27)23-13-7-8-14(21)15(9-13)24-31(6,29)30/h7-10,24H,1-6H3,(H,22,28)(H,23,27). The van der Waals surface area contributed by atoms with E-state index >= 15 is 0 Å². The highest BCUT2D eigenvalue weighted by atomic mass is 32.2. The minimum atomic E-state index is -3.72. The minimum Gasteiger partial charge on any atom is -0.347 e. The number of amides is 2. The van der Waals surface area contributed by atoms with Crippen molar-refractivity contribution in [3.8, 4) is 0 Å². The molecule has 0 unspecified atom stereocenters. The number of anilines is 2. The van der Waals surface area contributed by atoms with Gasteiger partial charge in [-0.2, -0.15) is 0 Å². The molecule has 0 radical (unpaired) electrons. The third-order valence-electron chi connectivity index (χ3n) is 4.52. The molecular weight excluding hydrogens is 427 g/mol. The van der Waals surface area contributed by atoms with Crippen molar-refractivity contribution in [3.63, 3.8) is 0 Å². The van der Waals surface area contributed by atoms with Crippen molar-refractivity contribution < 1.29 is 27.2 Å². The summed E-state index contributed by atoms with van der Waals surface area (Å²) in [5.41, 5.74) is 0.864. The molecule has 0 aliphatic rings. The van der Waals surface area contributed by atoms with Crippen LogP contribution in [0.4, 0.5) is 15.8 Å². The van der Waals surface area contributed by atoms with E-state index in [4.69, 9.17) is 0 Å². The zero-order valence-corrected chi connectivity index (χ0v) is 18.9. The van der Waals surface area contributed by atoms with Crippen molar-refractivity contribution in [3.05, 3.63) is 46.5 Å². The SMILES string of the molecule is Cc1c(C(=O)Nc2ccc(F)c(NS(C)(=O)=O)c2)c(C)n(C)c1C(=O)C(=O)NC(C)C. The zero-order valence-electron chi connectivity index (χ0n) is 18.1. The molecule has 168 valence electrons. The molecule has 0 bridgehead atoms. The van der Waals surface area contributed by atoms with Crippen LogP contribution in [0.2, 0.25) is 0 Å². The lowest BCUT2D eigenvalue weighted by atomic mass is 10.1. The second kappa shape index (κ2) is 8.88. The Kier molecular flexibility index (Phi) is 6.89. The summed E-state index contributed by atoms with van der Waals surface area (Å²) in [7, 11) is -2.15. The van der Waals surface area contributed by atoms with Gasteiger partial charge in [0.05, 0.1) is 23.2 Å². The van der Waals surface area contributed by atoms with Crippen molar-refractivity contribution in [1.29, 1.82) is 0 Å². The number of carbonyl (C=O) groups excluding carboxylic acids is 3. The Hall–Kier alpha value is -3.21. The van der Waals surface area contributed by atoms with Crippen LogP contribution in [-0.2, 0) is 21.9 Å². The van der Waals surface area contributed by atoms with Crippen LogP contribution in [0.15, 0.2) is 18.2 Å². The maximum Gasteiger partial charge on any atom is 0.294 e. The lowest BCUT2D eigenvalue weighted by molar-refractivity contribution is -0.117. The van der Waals surface area contributed by atoms with Crippen LogP contribution in [0, 0.1) is 19.7 Å². The Morgan fingerprint density at radius 1 is 1.13 bits per heavy atom. The molecule has 3 N–H and O–H groups in total. The Bertz CT molecular complexity index is 1170. The van der Waals surface area contributed by atoms with Crippen molar-refractivity contribution >= 4 is 39.0 Å². The highest BCUT2D eigenvalue weighted by molar-refractivity contribution is 7.92. The molecule has 1 heterocycles. The predicted molar refractivity (Wildman–Crippen MR) is 115 cm³/mol. The Morgan fingerprint density at radius 2 is 1.74 bits per heavy atom. The molecular formula is C20H25FN4O5S. The Labute approximate surface area is 180 Å². The quantitative estimate of drug-likeness (QED) is 0.438. The topological polar surface area (TPSA) is 126 Å². The summed E-state index contributed by atoms with van der Waals surface area (Å²) in [6, 6.07) is 3.20. The first kappa shape index (κ1) is 24.1. The Morgan fingerprint density at radius 3 is 2.29 bits per heavy atom. The molecule has 0 saturated carbocycles. The van der Waals surface area contributed by atoms with Gasteiger partial charge < -0.3 is 15.2 Å². The van der Waals surface area contributed by atoms with Gasteiger partial charge in [0.15, 0.2) is 0 Å². The maximum atomic E-state index is 13.9. The van der Waals surface area contributed by atoms with Crippen molar-refractivity contribution in [2.24, 2.45) is 7.05 Å². The van der Waals surface area contributed by atoms with E-state index in [-0.39, 0.29) is 28.7 Å². The van der Waals surface area contributed by atoms with E-state index in [1.165, 1.54) is 10.6 Å². The number of hydrogen-bond donors (Lipinski definition) is 3. The van der Waals surface area contributed by atoms with Crippen LogP contribution in [0.3, 0.4) is 0 Å². The molecule has 2 rings (SSSR count). The lowest BCUT2D eigenvalue weighted by Crippen LogP contribution is -2.37. The molecule has 9 nitrogen and oxygen atoms in total. The predicted octanol–water partition coefficient (Wildman–Crippen LogP) is 2.11. The molecule has 1 aromatic carbocycles. The van der Waals surface area contributed by atoms with E-state index in [2.05, 4.69) is 10.6 Å². The van der Waals surface area contributed by atoms with Crippen molar-refractivity contribution in [1.82, 2.24) is 9.88 Å². The van der Waals surface area contributed by atoms with E-state index in [1.54, 1.807) is 34.7 Å². The molecule has 1 aromatic heterocycles. The molecule has 0 atom stereocenters. The molecule has 0 spiro atoms. The number of nitrogens with one attached hydrogen (secondary N) is 3. The summed E-state index contributed by atoms with van der Waals surface area (Å²) in [6.07, 6.45) is 0.877. The minimum absolute atomic E-state index is 0.0827. The highest BCUT2D eigenvalue weighted by Crippen LogP contribution is 2.25. The van der Waals surface area contributed by atoms with Gasteiger partial charge in [-0.3, -0.25) is 19.1 Å². The van der Waals surface area contributed by atoms with Gasteiger partial charge in [-0.15, -0.1) is 0 Å². The van der Waals surface area contributed by atoms with Crippen LogP contribution >= 0.6 is 0 Å². The van der Waals surface area contributed by atoms with Crippen LogP contribution < -0.4 is 15.4 Å². The van der Waals surface area contributed by atoms with Gasteiger partial charge in [-0.1, -0.05) is 0 Å². The third kappa shape index (κ3) is 5.48. The monoisotopic (exact) mass is 452 g/mol. The van der Waals surface area contributed by atoms with E-state index in [0.29, 0.717) is 11.3 Å². The van der Waals surface area contributed by atoms with E-state index < -0.39 is 33.4 Å². The van der Waals surface area contributed by atoms with Gasteiger partial charge in [0.1, 0.15) is 5.82 Å². The fourth-order valence-electron chi connectivity index (χ4n) is 3.14. The smallest absolute Gasteiger partial charge is 0.294 e. The number of nitrogens with zero attached hydrogens (tertiary/aromatic N) is 1. The second-order valence-electron chi connectivity index (χ2n) is 7.47. The van der Waals surface area contributed by atoms with E-state index in [1.807, 2.05) is 4.72 Å². The average molecular weight is 453 g/mol. The summed E-state index contributed by atoms with van der Waals surface area (Å²) in [4.78, 5) is 37.7. The fraction of sp³-hybridized carbons (Fsp3) is 0.350. The highest BCUT2D eigenvalue weighted by Gasteiger charge is 2.28. The normalized spacial score (nSPS) is 11.4. The molecule has 11 heteroatoms. The molecule has 2 aromatic rings. The van der Waals surface area contributed by atoms with Gasteiger partial charge in [-0.05, 0) is 51.5 Å². The maximum absolute atomic E-state index is 13.9. The number of sulfonamides is 1. The largest absolute Gasteiger partial charge is 0.347 e. The first-order valence-corrected chi connectivity index (χ1v) is 11.2. The van der Waals surface area contributed by atoms with Crippen molar-refractivity contribution in [2.75, 3.05) is 16.3 Å². The third-order valence-corrected chi connectivity index (χ3v) is 5.11. The van der Waals surface area contributed by atoms with Gasteiger partial charge in [-0.25, -0.2) is 12.8 Å². The summed E-state index contributed by atoms with van der Waals surface area (Å²) in [6.45, 7) is 6.63. The molecule has 0 saturated heterocycles. The fourth-order valence-corrected chi connectivity index (χ4v) is 3.70. The number of halogens is 1. The lowest BCUT2D eigenvalue weighted by Gasteiger charge is -2.10. The summed E-state index contributed by atoms with van der Waals surface area (Å²) >= 11 is 0. The van der Waals surface area contributed by atoms with Crippen LogP contribution in [0.1, 0.15) is 46.0 Å². The number of aromatic nitrogens is 1. The number of Topliss-reactive ketones (excluding diaryl/α,β-unsaturated/α-hetero) is 1. The van der Waals surface area contributed by atoms with Crippen LogP contribution in [-0.4, -0.2) is 42.9 Å².